The van der Waals surface area contributed by atoms with Crippen molar-refractivity contribution in [1.29, 1.82) is 5.26 Å². The van der Waals surface area contributed by atoms with Gasteiger partial charge in [-0.1, -0.05) is 18.2 Å². The number of para-hydroxylation sites is 1. The van der Waals surface area contributed by atoms with Gasteiger partial charge in [0.1, 0.15) is 17.4 Å². The normalized spacial score (nSPS) is 15.0. The summed E-state index contributed by atoms with van der Waals surface area (Å²) in [7, 11) is 0. The first-order valence-electron chi connectivity index (χ1n) is 12.1. The Morgan fingerprint density at radius 2 is 1.78 bits per heavy atom. The van der Waals surface area contributed by atoms with Gasteiger partial charge in [-0.2, -0.15) is 10.4 Å². The first kappa shape index (κ1) is 25.6. The summed E-state index contributed by atoms with van der Waals surface area (Å²) in [6.07, 6.45) is 3.76. The Hall–Kier alpha value is -4.48. The maximum Gasteiger partial charge on any atom is 0.271 e. The van der Waals surface area contributed by atoms with E-state index in [1.165, 1.54) is 0 Å². The molecule has 0 spiro atoms. The average molecular weight is 497 g/mol. The van der Waals surface area contributed by atoms with Gasteiger partial charge in [-0.25, -0.2) is 4.68 Å². The molecule has 2 aromatic carbocycles. The van der Waals surface area contributed by atoms with Crippen LogP contribution in [0.1, 0.15) is 32.8 Å². The quantitative estimate of drug-likeness (QED) is 0.368. The van der Waals surface area contributed by atoms with Gasteiger partial charge in [-0.15, -0.1) is 0 Å². The van der Waals surface area contributed by atoms with Crippen LogP contribution in [0.3, 0.4) is 0 Å². The smallest absolute Gasteiger partial charge is 0.271 e. The number of carbonyl (C=O) groups is 2. The third kappa shape index (κ3) is 5.37. The Kier molecular flexibility index (Phi) is 7.66. The second-order valence-corrected chi connectivity index (χ2v) is 8.91. The van der Waals surface area contributed by atoms with Crippen LogP contribution in [0, 0.1) is 11.3 Å². The SMILES string of the molecule is CC1=C(C#N)C(=O)N(CCCO)C(=O)C1=Cc1cn(-c2ccccc2)nc1-c1ccc(OC(C)C)cc1. The molecule has 37 heavy (non-hydrogen) atoms. The number of ether oxygens (including phenoxy) is 1. The van der Waals surface area contributed by atoms with E-state index in [2.05, 4.69) is 0 Å². The summed E-state index contributed by atoms with van der Waals surface area (Å²) in [4.78, 5) is 27.1. The van der Waals surface area contributed by atoms with E-state index in [1.807, 2.05) is 80.7 Å². The number of rotatable bonds is 8. The highest BCUT2D eigenvalue weighted by Crippen LogP contribution is 2.32. The minimum atomic E-state index is -0.642. The molecule has 4 rings (SSSR count). The molecule has 0 bridgehead atoms. The van der Waals surface area contributed by atoms with Crippen LogP contribution in [-0.2, 0) is 9.59 Å². The average Bonchev–Trinajstić information content (AvgIpc) is 3.31. The van der Waals surface area contributed by atoms with E-state index in [0.717, 1.165) is 21.9 Å². The molecular weight excluding hydrogens is 468 g/mol. The van der Waals surface area contributed by atoms with Crippen molar-refractivity contribution in [3.63, 3.8) is 0 Å². The number of nitriles is 1. The Morgan fingerprint density at radius 1 is 1.08 bits per heavy atom. The molecule has 1 aromatic heterocycles. The Labute approximate surface area is 215 Å². The predicted molar refractivity (Wildman–Crippen MR) is 139 cm³/mol. The summed E-state index contributed by atoms with van der Waals surface area (Å²) in [5.74, 6) is -0.412. The zero-order valence-electron chi connectivity index (χ0n) is 21.0. The Bertz CT molecular complexity index is 1410. The highest BCUT2D eigenvalue weighted by Gasteiger charge is 2.35. The maximum atomic E-state index is 13.4. The molecule has 1 aliphatic heterocycles. The molecule has 8 nitrogen and oxygen atoms in total. The fraction of sp³-hybridized carbons (Fsp3) is 0.241. The summed E-state index contributed by atoms with van der Waals surface area (Å²) < 4.78 is 7.49. The molecule has 188 valence electrons. The predicted octanol–water partition coefficient (Wildman–Crippen LogP) is 4.30. The summed E-state index contributed by atoms with van der Waals surface area (Å²) in [5.41, 5.74) is 3.41. The van der Waals surface area contributed by atoms with Crippen LogP contribution in [0.4, 0.5) is 0 Å². The molecular formula is C29H28N4O4. The van der Waals surface area contributed by atoms with Gasteiger partial charge in [-0.3, -0.25) is 14.5 Å². The lowest BCUT2D eigenvalue weighted by Crippen LogP contribution is -2.43. The number of benzene rings is 2. The van der Waals surface area contributed by atoms with Crippen molar-refractivity contribution in [2.24, 2.45) is 0 Å². The van der Waals surface area contributed by atoms with E-state index < -0.39 is 11.8 Å². The van der Waals surface area contributed by atoms with Crippen molar-refractivity contribution in [1.82, 2.24) is 14.7 Å². The molecule has 0 unspecified atom stereocenters. The number of nitrogens with zero attached hydrogens (tertiary/aromatic N) is 4. The van der Waals surface area contributed by atoms with E-state index in [0.29, 0.717) is 16.8 Å². The van der Waals surface area contributed by atoms with Gasteiger partial charge in [-0.05, 0) is 75.2 Å². The Morgan fingerprint density at radius 3 is 2.41 bits per heavy atom. The van der Waals surface area contributed by atoms with Crippen LogP contribution in [0.25, 0.3) is 23.0 Å². The number of hydrogen-bond donors (Lipinski definition) is 1. The fourth-order valence-corrected chi connectivity index (χ4v) is 4.11. The number of aliphatic hydroxyl groups is 1. The van der Waals surface area contributed by atoms with Crippen LogP contribution >= 0.6 is 0 Å². The molecule has 0 aliphatic carbocycles. The van der Waals surface area contributed by atoms with Crippen molar-refractivity contribution in [3.05, 3.63) is 83.1 Å². The third-order valence-corrected chi connectivity index (χ3v) is 5.93. The summed E-state index contributed by atoms with van der Waals surface area (Å²) in [6, 6.07) is 19.1. The number of carbonyl (C=O) groups excluding carboxylic acids is 2. The van der Waals surface area contributed by atoms with Crippen molar-refractivity contribution in [3.8, 4) is 28.8 Å². The lowest BCUT2D eigenvalue weighted by Gasteiger charge is -2.27. The molecule has 0 fully saturated rings. The van der Waals surface area contributed by atoms with Crippen molar-refractivity contribution < 1.29 is 19.4 Å². The molecule has 1 N–H and O–H groups in total. The number of aromatic nitrogens is 2. The van der Waals surface area contributed by atoms with Gasteiger partial charge in [0.15, 0.2) is 0 Å². The zero-order chi connectivity index (χ0) is 26.5. The van der Waals surface area contributed by atoms with Crippen LogP contribution in [0.5, 0.6) is 5.75 Å². The molecule has 1 aliphatic rings. The zero-order valence-corrected chi connectivity index (χ0v) is 21.0. The van der Waals surface area contributed by atoms with Crippen LogP contribution in [0.15, 0.2) is 77.5 Å². The van der Waals surface area contributed by atoms with E-state index in [4.69, 9.17) is 9.84 Å². The monoisotopic (exact) mass is 496 g/mol. The van der Waals surface area contributed by atoms with Crippen LogP contribution < -0.4 is 4.74 Å². The molecule has 0 saturated heterocycles. The second-order valence-electron chi connectivity index (χ2n) is 8.91. The molecule has 2 amide bonds. The van der Waals surface area contributed by atoms with Crippen LogP contribution in [-0.4, -0.2) is 50.9 Å². The highest BCUT2D eigenvalue weighted by molar-refractivity contribution is 6.19. The third-order valence-electron chi connectivity index (χ3n) is 5.93. The number of hydrogen-bond acceptors (Lipinski definition) is 6. The van der Waals surface area contributed by atoms with E-state index >= 15 is 0 Å². The minimum absolute atomic E-state index is 0.0252. The van der Waals surface area contributed by atoms with Crippen molar-refractivity contribution >= 4 is 17.9 Å². The molecule has 0 saturated carbocycles. The first-order valence-corrected chi connectivity index (χ1v) is 12.1. The van der Waals surface area contributed by atoms with Gasteiger partial charge in [0.2, 0.25) is 0 Å². The molecule has 0 radical (unpaired) electrons. The van der Waals surface area contributed by atoms with Crippen molar-refractivity contribution in [2.45, 2.75) is 33.3 Å². The van der Waals surface area contributed by atoms with E-state index in [1.54, 1.807) is 17.7 Å². The fourth-order valence-electron chi connectivity index (χ4n) is 4.11. The van der Waals surface area contributed by atoms with Gasteiger partial charge >= 0.3 is 0 Å². The molecule has 2 heterocycles. The topological polar surface area (TPSA) is 108 Å². The number of aliphatic hydroxyl groups excluding tert-OH is 1. The Balaban J connectivity index is 1.85. The first-order chi connectivity index (χ1) is 17.8. The summed E-state index contributed by atoms with van der Waals surface area (Å²) in [6.45, 7) is 5.37. The maximum absolute atomic E-state index is 13.4. The lowest BCUT2D eigenvalue weighted by atomic mass is 9.93. The van der Waals surface area contributed by atoms with E-state index in [9.17, 15) is 20.0 Å². The minimum Gasteiger partial charge on any atom is -0.491 e. The standard InChI is InChI=1S/C29H28N4O4/c1-19(2)37-24-12-10-21(11-13-24)27-22(18-33(31-27)23-8-5-4-6-9-23)16-25-20(3)26(17-30)29(36)32(28(25)35)14-7-15-34/h4-6,8-13,16,18-19,34H,7,14-15H2,1-3H3. The number of imide groups is 1. The summed E-state index contributed by atoms with van der Waals surface area (Å²) in [5, 5.41) is 23.7. The molecule has 0 atom stereocenters. The lowest BCUT2D eigenvalue weighted by molar-refractivity contribution is -0.140. The van der Waals surface area contributed by atoms with Gasteiger partial charge in [0.25, 0.3) is 11.8 Å². The highest BCUT2D eigenvalue weighted by atomic mass is 16.5. The summed E-state index contributed by atoms with van der Waals surface area (Å²) >= 11 is 0. The van der Waals surface area contributed by atoms with E-state index in [-0.39, 0.29) is 36.8 Å². The second kappa shape index (κ2) is 11.1. The largest absolute Gasteiger partial charge is 0.491 e. The van der Waals surface area contributed by atoms with Gasteiger partial charge in [0.05, 0.1) is 17.5 Å². The van der Waals surface area contributed by atoms with Gasteiger partial charge < -0.3 is 9.84 Å². The van der Waals surface area contributed by atoms with Crippen LogP contribution in [0.2, 0.25) is 0 Å². The molecule has 8 heteroatoms. The molecule has 3 aromatic rings. The van der Waals surface area contributed by atoms with Gasteiger partial charge in [0, 0.05) is 36.0 Å². The van der Waals surface area contributed by atoms with Crippen molar-refractivity contribution in [2.75, 3.05) is 13.2 Å². The number of amides is 2.